The van der Waals surface area contributed by atoms with Crippen LogP contribution in [0.3, 0.4) is 0 Å². The van der Waals surface area contributed by atoms with Crippen LogP contribution in [0.1, 0.15) is 36.2 Å². The summed E-state index contributed by atoms with van der Waals surface area (Å²) in [5.41, 5.74) is 2.03. The van der Waals surface area contributed by atoms with E-state index < -0.39 is 0 Å². The van der Waals surface area contributed by atoms with Crippen LogP contribution in [0.2, 0.25) is 0 Å². The van der Waals surface area contributed by atoms with Crippen LogP contribution < -0.4 is 10.6 Å². The number of rotatable bonds is 2. The van der Waals surface area contributed by atoms with Crippen LogP contribution in [0.15, 0.2) is 24.3 Å². The zero-order chi connectivity index (χ0) is 13.2. The molecular weight excluding hydrogens is 224 g/mol. The van der Waals surface area contributed by atoms with Crippen molar-refractivity contribution >= 4 is 5.91 Å². The molecule has 18 heavy (non-hydrogen) atoms. The summed E-state index contributed by atoms with van der Waals surface area (Å²) in [6.45, 7) is 8.34. The Morgan fingerprint density at radius 1 is 1.33 bits per heavy atom. The molecule has 0 aliphatic carbocycles. The molecule has 3 heteroatoms. The average Bonchev–Trinajstić information content (AvgIpc) is 2.32. The molecule has 1 atom stereocenters. The first kappa shape index (κ1) is 13.1. The van der Waals surface area contributed by atoms with Crippen molar-refractivity contribution in [3.05, 3.63) is 35.4 Å². The topological polar surface area (TPSA) is 41.1 Å². The van der Waals surface area contributed by atoms with E-state index in [1.54, 1.807) is 0 Å². The standard InChI is InChI=1S/C15H22N2O/c1-11-4-6-12(7-5-11)14(18)17-13-8-9-16-10-15(13,2)3/h4-7,13,16H,8-10H2,1-3H3,(H,17,18). The first-order valence-electron chi connectivity index (χ1n) is 6.57. The molecule has 1 saturated heterocycles. The third kappa shape index (κ3) is 2.91. The fourth-order valence-electron chi connectivity index (χ4n) is 2.38. The van der Waals surface area contributed by atoms with Gasteiger partial charge < -0.3 is 10.6 Å². The van der Waals surface area contributed by atoms with Gasteiger partial charge in [0.1, 0.15) is 0 Å². The van der Waals surface area contributed by atoms with E-state index in [4.69, 9.17) is 0 Å². The fourth-order valence-corrected chi connectivity index (χ4v) is 2.38. The van der Waals surface area contributed by atoms with Crippen molar-refractivity contribution < 1.29 is 4.79 Å². The van der Waals surface area contributed by atoms with Crippen LogP contribution in [-0.2, 0) is 0 Å². The first-order chi connectivity index (χ1) is 8.49. The summed E-state index contributed by atoms with van der Waals surface area (Å²) in [7, 11) is 0. The lowest BCUT2D eigenvalue weighted by molar-refractivity contribution is 0.0868. The second-order valence-corrected chi connectivity index (χ2v) is 5.85. The van der Waals surface area contributed by atoms with Crippen molar-refractivity contribution in [2.24, 2.45) is 5.41 Å². The number of nitrogens with one attached hydrogen (secondary N) is 2. The van der Waals surface area contributed by atoms with E-state index in [1.807, 2.05) is 31.2 Å². The van der Waals surface area contributed by atoms with E-state index >= 15 is 0 Å². The monoisotopic (exact) mass is 246 g/mol. The minimum atomic E-state index is 0.0370. The lowest BCUT2D eigenvalue weighted by Crippen LogP contribution is -2.54. The van der Waals surface area contributed by atoms with Gasteiger partial charge in [-0.2, -0.15) is 0 Å². The summed E-state index contributed by atoms with van der Waals surface area (Å²) in [5, 5.41) is 6.54. The largest absolute Gasteiger partial charge is 0.349 e. The minimum absolute atomic E-state index is 0.0370. The maximum absolute atomic E-state index is 12.2. The van der Waals surface area contributed by atoms with Crippen molar-refractivity contribution in [3.8, 4) is 0 Å². The van der Waals surface area contributed by atoms with Gasteiger partial charge in [-0.3, -0.25) is 4.79 Å². The third-order valence-corrected chi connectivity index (χ3v) is 3.75. The number of carbonyl (C=O) groups is 1. The van der Waals surface area contributed by atoms with Gasteiger partial charge in [0.15, 0.2) is 0 Å². The molecule has 2 rings (SSSR count). The van der Waals surface area contributed by atoms with Crippen molar-refractivity contribution in [3.63, 3.8) is 0 Å². The quantitative estimate of drug-likeness (QED) is 0.839. The maximum Gasteiger partial charge on any atom is 0.251 e. The predicted octanol–water partition coefficient (Wildman–Crippen LogP) is 2.11. The van der Waals surface area contributed by atoms with Gasteiger partial charge in [-0.1, -0.05) is 31.5 Å². The molecule has 0 bridgehead atoms. The molecule has 1 fully saturated rings. The highest BCUT2D eigenvalue weighted by atomic mass is 16.1. The minimum Gasteiger partial charge on any atom is -0.349 e. The molecule has 1 aromatic carbocycles. The van der Waals surface area contributed by atoms with Gasteiger partial charge in [0.2, 0.25) is 0 Å². The average molecular weight is 246 g/mol. The molecule has 1 unspecified atom stereocenters. The number of benzene rings is 1. The zero-order valence-electron chi connectivity index (χ0n) is 11.4. The molecule has 3 nitrogen and oxygen atoms in total. The van der Waals surface area contributed by atoms with Crippen molar-refractivity contribution in [2.45, 2.75) is 33.2 Å². The highest BCUT2D eigenvalue weighted by Gasteiger charge is 2.33. The number of amides is 1. The number of hydrogen-bond acceptors (Lipinski definition) is 2. The van der Waals surface area contributed by atoms with Crippen molar-refractivity contribution in [2.75, 3.05) is 13.1 Å². The van der Waals surface area contributed by atoms with Gasteiger partial charge >= 0.3 is 0 Å². The van der Waals surface area contributed by atoms with E-state index in [-0.39, 0.29) is 17.4 Å². The Kier molecular flexibility index (Phi) is 3.71. The van der Waals surface area contributed by atoms with Gasteiger partial charge in [-0.05, 0) is 37.4 Å². The Morgan fingerprint density at radius 2 is 2.00 bits per heavy atom. The second-order valence-electron chi connectivity index (χ2n) is 5.85. The number of hydrogen-bond donors (Lipinski definition) is 2. The summed E-state index contributed by atoms with van der Waals surface area (Å²) in [6, 6.07) is 7.97. The summed E-state index contributed by atoms with van der Waals surface area (Å²) in [6.07, 6.45) is 0.991. The molecule has 0 saturated carbocycles. The van der Waals surface area contributed by atoms with E-state index in [1.165, 1.54) is 5.56 Å². The normalized spacial score (nSPS) is 22.5. The SMILES string of the molecule is Cc1ccc(C(=O)NC2CCNCC2(C)C)cc1. The van der Waals surface area contributed by atoms with Crippen LogP contribution in [0, 0.1) is 12.3 Å². The smallest absolute Gasteiger partial charge is 0.251 e. The maximum atomic E-state index is 12.2. The first-order valence-corrected chi connectivity index (χ1v) is 6.57. The van der Waals surface area contributed by atoms with Crippen LogP contribution >= 0.6 is 0 Å². The number of aryl methyl sites for hydroxylation is 1. The summed E-state index contributed by atoms with van der Waals surface area (Å²) in [4.78, 5) is 12.2. The summed E-state index contributed by atoms with van der Waals surface area (Å²) in [5.74, 6) is 0.0370. The lowest BCUT2D eigenvalue weighted by atomic mass is 9.80. The molecule has 1 amide bonds. The molecule has 0 radical (unpaired) electrons. The van der Waals surface area contributed by atoms with Gasteiger partial charge in [0.05, 0.1) is 0 Å². The fraction of sp³-hybridized carbons (Fsp3) is 0.533. The molecule has 1 heterocycles. The van der Waals surface area contributed by atoms with Crippen LogP contribution in [0.4, 0.5) is 0 Å². The molecular formula is C15H22N2O. The Hall–Kier alpha value is -1.35. The molecule has 0 spiro atoms. The lowest BCUT2D eigenvalue weighted by Gasteiger charge is -2.39. The third-order valence-electron chi connectivity index (χ3n) is 3.75. The van der Waals surface area contributed by atoms with Crippen molar-refractivity contribution in [1.29, 1.82) is 0 Å². The van der Waals surface area contributed by atoms with Gasteiger partial charge in [-0.15, -0.1) is 0 Å². The zero-order valence-corrected chi connectivity index (χ0v) is 11.4. The molecule has 2 N–H and O–H groups in total. The molecule has 0 aromatic heterocycles. The summed E-state index contributed by atoms with van der Waals surface area (Å²) < 4.78 is 0. The highest BCUT2D eigenvalue weighted by molar-refractivity contribution is 5.94. The van der Waals surface area contributed by atoms with Crippen LogP contribution in [0.5, 0.6) is 0 Å². The molecule has 1 aromatic rings. The number of piperidine rings is 1. The molecule has 98 valence electrons. The van der Waals surface area contributed by atoms with E-state index in [2.05, 4.69) is 24.5 Å². The number of carbonyl (C=O) groups excluding carboxylic acids is 1. The molecule has 1 aliphatic heterocycles. The predicted molar refractivity (Wildman–Crippen MR) is 73.7 cm³/mol. The van der Waals surface area contributed by atoms with E-state index in [0.29, 0.717) is 0 Å². The van der Waals surface area contributed by atoms with Crippen LogP contribution in [-0.4, -0.2) is 25.0 Å². The Bertz CT molecular complexity index is 423. The Morgan fingerprint density at radius 3 is 2.61 bits per heavy atom. The van der Waals surface area contributed by atoms with Crippen LogP contribution in [0.25, 0.3) is 0 Å². The summed E-state index contributed by atoms with van der Waals surface area (Å²) >= 11 is 0. The Balaban J connectivity index is 2.04. The highest BCUT2D eigenvalue weighted by Crippen LogP contribution is 2.25. The van der Waals surface area contributed by atoms with E-state index in [9.17, 15) is 4.79 Å². The van der Waals surface area contributed by atoms with Gasteiger partial charge in [0, 0.05) is 18.2 Å². The molecule has 1 aliphatic rings. The van der Waals surface area contributed by atoms with E-state index in [0.717, 1.165) is 25.1 Å². The van der Waals surface area contributed by atoms with Crippen molar-refractivity contribution in [1.82, 2.24) is 10.6 Å². The second kappa shape index (κ2) is 5.11. The van der Waals surface area contributed by atoms with Gasteiger partial charge in [0.25, 0.3) is 5.91 Å². The Labute approximate surface area is 109 Å². The van der Waals surface area contributed by atoms with Gasteiger partial charge in [-0.25, -0.2) is 0 Å².